The van der Waals surface area contributed by atoms with Gasteiger partial charge in [0, 0.05) is 14.1 Å². The van der Waals surface area contributed by atoms with Gasteiger partial charge in [-0.15, -0.1) is 0 Å². The Kier molecular flexibility index (Phi) is 5.74. The van der Waals surface area contributed by atoms with Crippen LogP contribution in [0.2, 0.25) is 0 Å². The first-order valence-corrected chi connectivity index (χ1v) is 9.37. The number of carbonyl (C=O) groups is 2. The first kappa shape index (κ1) is 20.6. The maximum Gasteiger partial charge on any atom is 0.264 e. The molecule has 0 bridgehead atoms. The van der Waals surface area contributed by atoms with Crippen LogP contribution in [0, 0.1) is 0 Å². The van der Waals surface area contributed by atoms with Crippen LogP contribution in [0.4, 0.5) is 0 Å². The molecule has 8 heteroatoms. The topological polar surface area (TPSA) is 71.1 Å². The second kappa shape index (κ2) is 8.08. The van der Waals surface area contributed by atoms with Crippen LogP contribution in [0.1, 0.15) is 11.1 Å². The van der Waals surface area contributed by atoms with Gasteiger partial charge in [-0.2, -0.15) is 0 Å². The van der Waals surface area contributed by atoms with E-state index in [-0.39, 0.29) is 23.5 Å². The monoisotopic (exact) mass is 413 g/mol. The molecule has 0 spiro atoms. The van der Waals surface area contributed by atoms with Gasteiger partial charge >= 0.3 is 0 Å². The van der Waals surface area contributed by atoms with Crippen molar-refractivity contribution in [3.05, 3.63) is 59.7 Å². The fourth-order valence-corrected chi connectivity index (χ4v) is 3.54. The van der Waals surface area contributed by atoms with Crippen molar-refractivity contribution >= 4 is 29.1 Å². The Balaban J connectivity index is 2.11. The first-order chi connectivity index (χ1) is 13.8. The van der Waals surface area contributed by atoms with Gasteiger partial charge in [0.1, 0.15) is 18.0 Å². The van der Waals surface area contributed by atoms with E-state index in [1.165, 1.54) is 9.80 Å². The number of amides is 2. The van der Waals surface area contributed by atoms with E-state index in [2.05, 4.69) is 5.32 Å². The second-order valence-corrected chi connectivity index (χ2v) is 7.20. The largest absolute Gasteiger partial charge is 0.497 e. The highest BCUT2D eigenvalue weighted by Gasteiger charge is 2.52. The molecule has 0 saturated carbocycles. The molecule has 1 aliphatic rings. The molecule has 2 aromatic rings. The van der Waals surface area contributed by atoms with Crippen LogP contribution >= 0.6 is 12.2 Å². The van der Waals surface area contributed by atoms with E-state index in [0.717, 1.165) is 0 Å². The fourth-order valence-electron chi connectivity index (χ4n) is 3.24. The Morgan fingerprint density at radius 2 is 1.45 bits per heavy atom. The fraction of sp³-hybridized carbons (Fsp3) is 0.286. The molecule has 3 rings (SSSR count). The van der Waals surface area contributed by atoms with Crippen LogP contribution in [0.5, 0.6) is 11.5 Å². The lowest BCUT2D eigenvalue weighted by Crippen LogP contribution is -2.46. The standard InChI is InChI=1S/C21H23N3O4S/c1-23(2)18(25)13-24-19(26)21(22-20(24)29,14-5-9-16(27-3)10-6-14)15-7-11-17(28-4)12-8-15/h5-12H,13H2,1-4H3,(H,22,29). The highest BCUT2D eigenvalue weighted by Crippen LogP contribution is 2.37. The van der Waals surface area contributed by atoms with E-state index in [1.54, 1.807) is 52.6 Å². The van der Waals surface area contributed by atoms with Crippen LogP contribution < -0.4 is 14.8 Å². The predicted octanol–water partition coefficient (Wildman–Crippen LogP) is 1.75. The summed E-state index contributed by atoms with van der Waals surface area (Å²) in [5, 5.41) is 3.38. The van der Waals surface area contributed by atoms with Crippen molar-refractivity contribution in [2.75, 3.05) is 34.9 Å². The van der Waals surface area contributed by atoms with Crippen LogP contribution in [0.15, 0.2) is 48.5 Å². The maximum absolute atomic E-state index is 13.6. The summed E-state index contributed by atoms with van der Waals surface area (Å²) < 4.78 is 10.5. The molecule has 1 N–H and O–H groups in total. The lowest BCUT2D eigenvalue weighted by molar-refractivity contribution is -0.136. The number of benzene rings is 2. The summed E-state index contributed by atoms with van der Waals surface area (Å²) in [6.07, 6.45) is 0. The van der Waals surface area contributed by atoms with Gasteiger partial charge in [0.2, 0.25) is 5.91 Å². The summed E-state index contributed by atoms with van der Waals surface area (Å²) in [7, 11) is 6.44. The number of hydrogen-bond acceptors (Lipinski definition) is 5. The molecule has 29 heavy (non-hydrogen) atoms. The molecule has 0 aliphatic carbocycles. The molecule has 1 heterocycles. The van der Waals surface area contributed by atoms with Crippen molar-refractivity contribution in [2.45, 2.75) is 5.54 Å². The minimum atomic E-state index is -1.25. The molecule has 152 valence electrons. The number of likely N-dealkylation sites (N-methyl/N-ethyl adjacent to an activating group) is 1. The molecule has 1 saturated heterocycles. The number of ether oxygens (including phenoxy) is 2. The summed E-state index contributed by atoms with van der Waals surface area (Å²) in [4.78, 5) is 28.6. The van der Waals surface area contributed by atoms with Crippen LogP contribution in [-0.2, 0) is 15.1 Å². The molecule has 0 radical (unpaired) electrons. The number of thiocarbonyl (C=S) groups is 1. The quantitative estimate of drug-likeness (QED) is 0.728. The molecule has 7 nitrogen and oxygen atoms in total. The van der Waals surface area contributed by atoms with Gasteiger partial charge in [0.15, 0.2) is 10.7 Å². The third-order valence-electron chi connectivity index (χ3n) is 4.94. The zero-order chi connectivity index (χ0) is 21.2. The van der Waals surface area contributed by atoms with Crippen LogP contribution in [0.3, 0.4) is 0 Å². The summed E-state index contributed by atoms with van der Waals surface area (Å²) in [6, 6.07) is 14.4. The van der Waals surface area contributed by atoms with Gasteiger partial charge in [-0.3, -0.25) is 14.5 Å². The van der Waals surface area contributed by atoms with Gasteiger partial charge in [0.05, 0.1) is 14.2 Å². The Bertz CT molecular complexity index is 878. The summed E-state index contributed by atoms with van der Waals surface area (Å²) in [5.74, 6) is 0.813. The third kappa shape index (κ3) is 3.63. The highest BCUT2D eigenvalue weighted by molar-refractivity contribution is 7.80. The highest BCUT2D eigenvalue weighted by atomic mass is 32.1. The summed E-state index contributed by atoms with van der Waals surface area (Å²) in [6.45, 7) is -0.133. The molecule has 0 aromatic heterocycles. The normalized spacial score (nSPS) is 15.1. The zero-order valence-electron chi connectivity index (χ0n) is 16.8. The SMILES string of the molecule is COc1ccc(C2(c3ccc(OC)cc3)NC(=S)N(CC(=O)N(C)C)C2=O)cc1. The van der Waals surface area contributed by atoms with E-state index in [9.17, 15) is 9.59 Å². The lowest BCUT2D eigenvalue weighted by Gasteiger charge is -2.29. The van der Waals surface area contributed by atoms with E-state index in [0.29, 0.717) is 22.6 Å². The van der Waals surface area contributed by atoms with Gasteiger partial charge in [-0.25, -0.2) is 0 Å². The van der Waals surface area contributed by atoms with E-state index in [1.807, 2.05) is 24.3 Å². The number of nitrogens with one attached hydrogen (secondary N) is 1. The van der Waals surface area contributed by atoms with Gasteiger partial charge in [-0.05, 0) is 47.6 Å². The van der Waals surface area contributed by atoms with Crippen molar-refractivity contribution in [1.29, 1.82) is 0 Å². The zero-order valence-corrected chi connectivity index (χ0v) is 17.6. The third-order valence-corrected chi connectivity index (χ3v) is 5.27. The average molecular weight is 413 g/mol. The van der Waals surface area contributed by atoms with Gasteiger partial charge < -0.3 is 19.7 Å². The Labute approximate surface area is 175 Å². The smallest absolute Gasteiger partial charge is 0.264 e. The molecule has 2 amide bonds. The molecule has 2 aromatic carbocycles. The van der Waals surface area contributed by atoms with Gasteiger partial charge in [-0.1, -0.05) is 24.3 Å². The van der Waals surface area contributed by atoms with E-state index in [4.69, 9.17) is 21.7 Å². The second-order valence-electron chi connectivity index (χ2n) is 6.82. The van der Waals surface area contributed by atoms with Crippen molar-refractivity contribution in [3.8, 4) is 11.5 Å². The molecule has 0 atom stereocenters. The molecular weight excluding hydrogens is 390 g/mol. The molecule has 0 unspecified atom stereocenters. The number of carbonyl (C=O) groups excluding carboxylic acids is 2. The van der Waals surface area contributed by atoms with Crippen molar-refractivity contribution in [1.82, 2.24) is 15.1 Å². The molecule has 1 aliphatic heterocycles. The molecular formula is C21H23N3O4S. The maximum atomic E-state index is 13.6. The van der Waals surface area contributed by atoms with Crippen molar-refractivity contribution < 1.29 is 19.1 Å². The lowest BCUT2D eigenvalue weighted by atomic mass is 9.82. The Morgan fingerprint density at radius 1 is 1.00 bits per heavy atom. The first-order valence-electron chi connectivity index (χ1n) is 8.96. The number of methoxy groups -OCH3 is 2. The number of hydrogen-bond donors (Lipinski definition) is 1. The van der Waals surface area contributed by atoms with Crippen molar-refractivity contribution in [3.63, 3.8) is 0 Å². The summed E-state index contributed by atoms with van der Waals surface area (Å²) >= 11 is 5.44. The van der Waals surface area contributed by atoms with E-state index >= 15 is 0 Å². The van der Waals surface area contributed by atoms with Crippen LogP contribution in [-0.4, -0.2) is 61.6 Å². The minimum absolute atomic E-state index is 0.133. The summed E-state index contributed by atoms with van der Waals surface area (Å²) in [5.41, 5.74) is 0.133. The predicted molar refractivity (Wildman–Crippen MR) is 113 cm³/mol. The van der Waals surface area contributed by atoms with Crippen molar-refractivity contribution in [2.24, 2.45) is 0 Å². The Hall–Kier alpha value is -3.13. The number of rotatable bonds is 6. The molecule has 1 fully saturated rings. The minimum Gasteiger partial charge on any atom is -0.497 e. The van der Waals surface area contributed by atoms with Crippen LogP contribution in [0.25, 0.3) is 0 Å². The Morgan fingerprint density at radius 3 is 1.83 bits per heavy atom. The average Bonchev–Trinajstić information content (AvgIpc) is 2.99. The van der Waals surface area contributed by atoms with Gasteiger partial charge in [0.25, 0.3) is 5.91 Å². The van der Waals surface area contributed by atoms with E-state index < -0.39 is 5.54 Å². The number of nitrogens with zero attached hydrogens (tertiary/aromatic N) is 2.